The van der Waals surface area contributed by atoms with Gasteiger partial charge in [-0.25, -0.2) is 9.78 Å². The van der Waals surface area contributed by atoms with Crippen LogP contribution in [-0.4, -0.2) is 29.5 Å². The average molecular weight is 373 g/mol. The Balaban J connectivity index is 1.48. The molecule has 138 valence electrons. The van der Waals surface area contributed by atoms with Crippen LogP contribution in [0.1, 0.15) is 31.9 Å². The van der Waals surface area contributed by atoms with E-state index in [9.17, 15) is 9.59 Å². The molecule has 1 fully saturated rings. The molecule has 0 spiro atoms. The number of carbonyl (C=O) groups is 2. The van der Waals surface area contributed by atoms with Crippen molar-refractivity contribution in [2.24, 2.45) is 0 Å². The minimum Gasteiger partial charge on any atom is -0.375 e. The van der Waals surface area contributed by atoms with Gasteiger partial charge in [0.2, 0.25) is 5.91 Å². The van der Waals surface area contributed by atoms with Gasteiger partial charge in [0, 0.05) is 35.8 Å². The van der Waals surface area contributed by atoms with Gasteiger partial charge in [0.05, 0.1) is 5.69 Å². The van der Waals surface area contributed by atoms with E-state index in [2.05, 4.69) is 15.6 Å². The standard InChI is InChI=1S/C18H23N5O2S/c1-12-7-8-16(24)23(12)15-6-2-4-13(10-15)22-18(25)20-9-3-5-14-11-26-17(19)21-14/h2,4,6,10-12H,3,5,7-9H2,1H3,(H2,19,21)(H2,20,22,25). The predicted octanol–water partition coefficient (Wildman–Crippen LogP) is 2.99. The van der Waals surface area contributed by atoms with E-state index < -0.39 is 0 Å². The minimum absolute atomic E-state index is 0.127. The molecule has 1 aliphatic rings. The lowest BCUT2D eigenvalue weighted by Crippen LogP contribution is -2.31. The van der Waals surface area contributed by atoms with Crippen LogP contribution >= 0.6 is 11.3 Å². The Bertz CT molecular complexity index is 791. The second-order valence-corrected chi connectivity index (χ2v) is 7.25. The number of carbonyl (C=O) groups excluding carboxylic acids is 2. The number of benzene rings is 1. The number of aromatic nitrogens is 1. The van der Waals surface area contributed by atoms with Gasteiger partial charge in [0.1, 0.15) is 0 Å². The molecule has 4 N–H and O–H groups in total. The molecule has 1 atom stereocenters. The molecule has 2 heterocycles. The molecular weight excluding hydrogens is 350 g/mol. The van der Waals surface area contributed by atoms with E-state index in [-0.39, 0.29) is 18.0 Å². The van der Waals surface area contributed by atoms with Gasteiger partial charge in [-0.15, -0.1) is 11.3 Å². The second kappa shape index (κ2) is 8.18. The summed E-state index contributed by atoms with van der Waals surface area (Å²) >= 11 is 1.42. The van der Waals surface area contributed by atoms with Crippen molar-refractivity contribution in [2.75, 3.05) is 22.5 Å². The lowest BCUT2D eigenvalue weighted by molar-refractivity contribution is -0.117. The quantitative estimate of drug-likeness (QED) is 0.678. The molecular formula is C18H23N5O2S. The molecule has 1 aliphatic heterocycles. The molecule has 1 aromatic carbocycles. The maximum Gasteiger partial charge on any atom is 0.319 e. The number of nitrogens with two attached hydrogens (primary N) is 1. The van der Waals surface area contributed by atoms with Crippen molar-refractivity contribution < 1.29 is 9.59 Å². The van der Waals surface area contributed by atoms with Crippen LogP contribution in [0.4, 0.5) is 21.3 Å². The number of nitrogen functional groups attached to an aromatic ring is 1. The number of nitrogens with one attached hydrogen (secondary N) is 2. The lowest BCUT2D eigenvalue weighted by atomic mass is 10.2. The van der Waals surface area contributed by atoms with Gasteiger partial charge in [-0.05, 0) is 44.4 Å². The third-order valence-electron chi connectivity index (χ3n) is 4.33. The van der Waals surface area contributed by atoms with Crippen LogP contribution in [0, 0.1) is 0 Å². The Hall–Kier alpha value is -2.61. The highest BCUT2D eigenvalue weighted by Crippen LogP contribution is 2.28. The van der Waals surface area contributed by atoms with Gasteiger partial charge in [-0.2, -0.15) is 0 Å². The summed E-state index contributed by atoms with van der Waals surface area (Å²) in [6, 6.07) is 7.30. The largest absolute Gasteiger partial charge is 0.375 e. The highest BCUT2D eigenvalue weighted by atomic mass is 32.1. The normalized spacial score (nSPS) is 16.7. The number of hydrogen-bond donors (Lipinski definition) is 3. The SMILES string of the molecule is CC1CCC(=O)N1c1cccc(NC(=O)NCCCc2csc(N)n2)c1. The van der Waals surface area contributed by atoms with E-state index in [1.807, 2.05) is 36.6 Å². The highest BCUT2D eigenvalue weighted by molar-refractivity contribution is 7.13. The second-order valence-electron chi connectivity index (χ2n) is 6.36. The predicted molar refractivity (Wildman–Crippen MR) is 104 cm³/mol. The molecule has 3 rings (SSSR count). The number of nitrogens with zero attached hydrogens (tertiary/aromatic N) is 2. The minimum atomic E-state index is -0.263. The number of rotatable bonds is 6. The summed E-state index contributed by atoms with van der Waals surface area (Å²) in [6.45, 7) is 2.58. The number of thiazole rings is 1. The fraction of sp³-hybridized carbons (Fsp3) is 0.389. The molecule has 0 aliphatic carbocycles. The van der Waals surface area contributed by atoms with Crippen molar-refractivity contribution in [2.45, 2.75) is 38.6 Å². The number of anilines is 3. The van der Waals surface area contributed by atoms with Crippen molar-refractivity contribution in [1.29, 1.82) is 0 Å². The van der Waals surface area contributed by atoms with Crippen LogP contribution in [0.15, 0.2) is 29.6 Å². The molecule has 1 aromatic heterocycles. The highest BCUT2D eigenvalue weighted by Gasteiger charge is 2.28. The number of aryl methyl sites for hydroxylation is 1. The molecule has 3 amide bonds. The Morgan fingerprint density at radius 1 is 1.46 bits per heavy atom. The summed E-state index contributed by atoms with van der Waals surface area (Å²) in [5.74, 6) is 0.127. The third-order valence-corrected chi connectivity index (χ3v) is 5.06. The van der Waals surface area contributed by atoms with Crippen molar-refractivity contribution >= 4 is 39.8 Å². The molecule has 2 aromatic rings. The van der Waals surface area contributed by atoms with Gasteiger partial charge in [0.15, 0.2) is 5.13 Å². The van der Waals surface area contributed by atoms with Crippen molar-refractivity contribution in [3.8, 4) is 0 Å². The Labute approximate surface area is 156 Å². The van der Waals surface area contributed by atoms with E-state index in [1.54, 1.807) is 4.90 Å². The average Bonchev–Trinajstić information content (AvgIpc) is 3.17. The van der Waals surface area contributed by atoms with E-state index in [0.717, 1.165) is 30.6 Å². The van der Waals surface area contributed by atoms with Crippen molar-refractivity contribution in [3.63, 3.8) is 0 Å². The molecule has 0 radical (unpaired) electrons. The van der Waals surface area contributed by atoms with Gasteiger partial charge in [0.25, 0.3) is 0 Å². The van der Waals surface area contributed by atoms with E-state index in [4.69, 9.17) is 5.73 Å². The van der Waals surface area contributed by atoms with E-state index >= 15 is 0 Å². The Morgan fingerprint density at radius 3 is 3.00 bits per heavy atom. The van der Waals surface area contributed by atoms with E-state index in [0.29, 0.717) is 23.8 Å². The summed E-state index contributed by atoms with van der Waals surface area (Å²) in [6.07, 6.45) is 3.00. The zero-order valence-electron chi connectivity index (χ0n) is 14.7. The molecule has 0 saturated carbocycles. The van der Waals surface area contributed by atoms with Gasteiger partial charge < -0.3 is 21.3 Å². The topological polar surface area (TPSA) is 100 Å². The van der Waals surface area contributed by atoms with Gasteiger partial charge >= 0.3 is 6.03 Å². The van der Waals surface area contributed by atoms with E-state index in [1.165, 1.54) is 11.3 Å². The summed E-state index contributed by atoms with van der Waals surface area (Å²) in [7, 11) is 0. The first-order valence-corrected chi connectivity index (χ1v) is 9.58. The van der Waals surface area contributed by atoms with Crippen LogP contribution in [0.5, 0.6) is 0 Å². The lowest BCUT2D eigenvalue weighted by Gasteiger charge is -2.22. The maximum atomic E-state index is 12.1. The monoisotopic (exact) mass is 373 g/mol. The fourth-order valence-corrected chi connectivity index (χ4v) is 3.64. The molecule has 26 heavy (non-hydrogen) atoms. The molecule has 0 bridgehead atoms. The zero-order valence-corrected chi connectivity index (χ0v) is 15.5. The summed E-state index contributed by atoms with van der Waals surface area (Å²) in [5, 5.41) is 8.14. The van der Waals surface area contributed by atoms with Crippen molar-refractivity contribution in [1.82, 2.24) is 10.3 Å². The van der Waals surface area contributed by atoms with Crippen LogP contribution < -0.4 is 21.3 Å². The third kappa shape index (κ3) is 4.51. The summed E-state index contributed by atoms with van der Waals surface area (Å²) in [5.41, 5.74) is 8.03. The Kier molecular flexibility index (Phi) is 5.72. The van der Waals surface area contributed by atoms with Gasteiger partial charge in [-0.3, -0.25) is 4.79 Å². The molecule has 1 unspecified atom stereocenters. The molecule has 8 heteroatoms. The number of hydrogen-bond acceptors (Lipinski definition) is 5. The molecule has 1 saturated heterocycles. The van der Waals surface area contributed by atoms with Crippen LogP contribution in [0.3, 0.4) is 0 Å². The summed E-state index contributed by atoms with van der Waals surface area (Å²) < 4.78 is 0. The molecule has 7 nitrogen and oxygen atoms in total. The van der Waals surface area contributed by atoms with Crippen LogP contribution in [-0.2, 0) is 11.2 Å². The first kappa shape index (κ1) is 18.2. The first-order chi connectivity index (χ1) is 12.5. The van der Waals surface area contributed by atoms with Crippen LogP contribution in [0.25, 0.3) is 0 Å². The van der Waals surface area contributed by atoms with Gasteiger partial charge in [-0.1, -0.05) is 6.07 Å². The summed E-state index contributed by atoms with van der Waals surface area (Å²) in [4.78, 5) is 30.1. The number of amides is 3. The number of urea groups is 1. The first-order valence-electron chi connectivity index (χ1n) is 8.70. The Morgan fingerprint density at radius 2 is 2.31 bits per heavy atom. The van der Waals surface area contributed by atoms with Crippen molar-refractivity contribution in [3.05, 3.63) is 35.3 Å². The smallest absolute Gasteiger partial charge is 0.319 e. The zero-order chi connectivity index (χ0) is 18.5. The van der Waals surface area contributed by atoms with Crippen LogP contribution in [0.2, 0.25) is 0 Å². The maximum absolute atomic E-state index is 12.1. The fourth-order valence-electron chi connectivity index (χ4n) is 3.04.